The van der Waals surface area contributed by atoms with E-state index in [9.17, 15) is 9.59 Å². The predicted molar refractivity (Wildman–Crippen MR) is 98.0 cm³/mol. The highest BCUT2D eigenvalue weighted by molar-refractivity contribution is 5.85. The highest BCUT2D eigenvalue weighted by Gasteiger charge is 2.26. The third kappa shape index (κ3) is 5.80. The van der Waals surface area contributed by atoms with Gasteiger partial charge in [-0.3, -0.25) is 9.59 Å². The van der Waals surface area contributed by atoms with Gasteiger partial charge in [0, 0.05) is 25.0 Å². The first kappa shape index (κ1) is 20.5. The number of piperidine rings is 1. The van der Waals surface area contributed by atoms with Crippen LogP contribution in [0.3, 0.4) is 0 Å². The smallest absolute Gasteiger partial charge is 0.237 e. The molecule has 1 aromatic carbocycles. The molecule has 24 heavy (non-hydrogen) atoms. The van der Waals surface area contributed by atoms with E-state index >= 15 is 0 Å². The molecule has 1 fully saturated rings. The van der Waals surface area contributed by atoms with Crippen LogP contribution >= 0.6 is 12.4 Å². The molecule has 1 saturated heterocycles. The van der Waals surface area contributed by atoms with Gasteiger partial charge >= 0.3 is 0 Å². The highest BCUT2D eigenvalue weighted by atomic mass is 35.5. The van der Waals surface area contributed by atoms with Crippen molar-refractivity contribution < 1.29 is 9.59 Å². The summed E-state index contributed by atoms with van der Waals surface area (Å²) in [5, 5.41) is 3.03. The van der Waals surface area contributed by atoms with Gasteiger partial charge in [-0.15, -0.1) is 12.4 Å². The molecule has 0 radical (unpaired) electrons. The lowest BCUT2D eigenvalue weighted by molar-refractivity contribution is -0.135. The molecule has 3 N–H and O–H groups in total. The molecular weight excluding hydrogens is 326 g/mol. The zero-order valence-corrected chi connectivity index (χ0v) is 15.2. The van der Waals surface area contributed by atoms with Gasteiger partial charge in [0.05, 0.1) is 6.04 Å². The van der Waals surface area contributed by atoms with Crippen LogP contribution in [0.2, 0.25) is 0 Å². The molecule has 1 aromatic rings. The Hall–Kier alpha value is -1.59. The zero-order valence-electron chi connectivity index (χ0n) is 14.4. The van der Waals surface area contributed by atoms with Crippen molar-refractivity contribution >= 4 is 24.2 Å². The number of rotatable bonds is 5. The SMILES string of the molecule is CC(C)C(=O)N1CCC(NC(=O)[C@@H](N)Cc2ccccc2)CC1.Cl. The van der Waals surface area contributed by atoms with Gasteiger partial charge < -0.3 is 16.0 Å². The van der Waals surface area contributed by atoms with E-state index in [2.05, 4.69) is 5.32 Å². The second kappa shape index (κ2) is 9.64. The number of nitrogens with one attached hydrogen (secondary N) is 1. The maximum atomic E-state index is 12.2. The minimum atomic E-state index is -0.535. The summed E-state index contributed by atoms with van der Waals surface area (Å²) >= 11 is 0. The molecule has 6 heteroatoms. The Morgan fingerprint density at radius 2 is 1.79 bits per heavy atom. The van der Waals surface area contributed by atoms with Gasteiger partial charge in [0.1, 0.15) is 0 Å². The average Bonchev–Trinajstić information content (AvgIpc) is 2.55. The number of amides is 2. The number of benzene rings is 1. The van der Waals surface area contributed by atoms with Crippen LogP contribution in [0.5, 0.6) is 0 Å². The highest BCUT2D eigenvalue weighted by Crippen LogP contribution is 2.13. The molecule has 1 aliphatic heterocycles. The molecule has 0 spiro atoms. The number of halogens is 1. The van der Waals surface area contributed by atoms with E-state index in [4.69, 9.17) is 5.73 Å². The topological polar surface area (TPSA) is 75.4 Å². The van der Waals surface area contributed by atoms with Gasteiger partial charge in [-0.1, -0.05) is 44.2 Å². The summed E-state index contributed by atoms with van der Waals surface area (Å²) in [7, 11) is 0. The molecule has 134 valence electrons. The van der Waals surface area contributed by atoms with Crippen LogP contribution < -0.4 is 11.1 Å². The van der Waals surface area contributed by atoms with Crippen molar-refractivity contribution in [3.05, 3.63) is 35.9 Å². The Balaban J connectivity index is 0.00000288. The Bertz CT molecular complexity index is 528. The summed E-state index contributed by atoms with van der Waals surface area (Å²) in [5.41, 5.74) is 7.07. The number of nitrogens with two attached hydrogens (primary N) is 1. The molecule has 1 heterocycles. The van der Waals surface area contributed by atoms with Crippen molar-refractivity contribution in [3.63, 3.8) is 0 Å². The monoisotopic (exact) mass is 353 g/mol. The Kier molecular flexibility index (Phi) is 8.22. The van der Waals surface area contributed by atoms with E-state index in [0.29, 0.717) is 19.5 Å². The predicted octanol–water partition coefficient (Wildman–Crippen LogP) is 1.74. The first-order valence-electron chi connectivity index (χ1n) is 8.36. The van der Waals surface area contributed by atoms with Gasteiger partial charge in [0.15, 0.2) is 0 Å². The molecule has 2 rings (SSSR count). The molecule has 5 nitrogen and oxygen atoms in total. The summed E-state index contributed by atoms with van der Waals surface area (Å²) in [4.78, 5) is 26.1. The summed E-state index contributed by atoms with van der Waals surface area (Å²) in [6.45, 7) is 5.24. The summed E-state index contributed by atoms with van der Waals surface area (Å²) in [6.07, 6.45) is 2.13. The molecule has 0 bridgehead atoms. The van der Waals surface area contributed by atoms with Crippen molar-refractivity contribution in [2.75, 3.05) is 13.1 Å². The van der Waals surface area contributed by atoms with Crippen LogP contribution in [0.25, 0.3) is 0 Å². The number of hydrogen-bond donors (Lipinski definition) is 2. The van der Waals surface area contributed by atoms with E-state index in [0.717, 1.165) is 18.4 Å². The van der Waals surface area contributed by atoms with E-state index in [1.54, 1.807) is 0 Å². The first-order chi connectivity index (χ1) is 11.0. The van der Waals surface area contributed by atoms with Gasteiger partial charge in [0.2, 0.25) is 11.8 Å². The van der Waals surface area contributed by atoms with Crippen molar-refractivity contribution in [3.8, 4) is 0 Å². The minimum absolute atomic E-state index is 0. The average molecular weight is 354 g/mol. The van der Waals surface area contributed by atoms with E-state index in [-0.39, 0.29) is 36.2 Å². The van der Waals surface area contributed by atoms with Crippen LogP contribution in [-0.4, -0.2) is 41.9 Å². The van der Waals surface area contributed by atoms with Gasteiger partial charge in [-0.2, -0.15) is 0 Å². The number of carbonyl (C=O) groups is 2. The molecule has 1 aliphatic rings. The van der Waals surface area contributed by atoms with Gasteiger partial charge in [-0.25, -0.2) is 0 Å². The standard InChI is InChI=1S/C18H27N3O2.ClH/c1-13(2)18(23)21-10-8-15(9-11-21)20-17(22)16(19)12-14-6-4-3-5-7-14;/h3-7,13,15-16H,8-12,19H2,1-2H3,(H,20,22);1H/t16-;/m0./s1. The fraction of sp³-hybridized carbons (Fsp3) is 0.556. The largest absolute Gasteiger partial charge is 0.352 e. The van der Waals surface area contributed by atoms with Crippen molar-refractivity contribution in [1.82, 2.24) is 10.2 Å². The van der Waals surface area contributed by atoms with E-state index in [1.807, 2.05) is 49.1 Å². The van der Waals surface area contributed by atoms with E-state index in [1.165, 1.54) is 0 Å². The van der Waals surface area contributed by atoms with Crippen LogP contribution in [0.15, 0.2) is 30.3 Å². The van der Waals surface area contributed by atoms with Crippen molar-refractivity contribution in [2.24, 2.45) is 11.7 Å². The summed E-state index contributed by atoms with van der Waals surface area (Å²) < 4.78 is 0. The minimum Gasteiger partial charge on any atom is -0.352 e. The number of nitrogens with zero attached hydrogens (tertiary/aromatic N) is 1. The summed E-state index contributed by atoms with van der Waals surface area (Å²) in [6, 6.07) is 9.37. The maximum Gasteiger partial charge on any atom is 0.237 e. The lowest BCUT2D eigenvalue weighted by Crippen LogP contribution is -2.51. The van der Waals surface area contributed by atoms with Crippen molar-refractivity contribution in [1.29, 1.82) is 0 Å². The van der Waals surface area contributed by atoms with Crippen LogP contribution in [0.1, 0.15) is 32.3 Å². The molecule has 0 unspecified atom stereocenters. The lowest BCUT2D eigenvalue weighted by atomic mass is 10.0. The third-order valence-corrected chi connectivity index (χ3v) is 4.28. The Labute approximate surface area is 150 Å². The molecule has 0 aliphatic carbocycles. The summed E-state index contributed by atoms with van der Waals surface area (Å²) in [5.74, 6) is 0.110. The lowest BCUT2D eigenvalue weighted by Gasteiger charge is -2.33. The fourth-order valence-electron chi connectivity index (χ4n) is 2.88. The van der Waals surface area contributed by atoms with Crippen LogP contribution in [-0.2, 0) is 16.0 Å². The quantitative estimate of drug-likeness (QED) is 0.846. The molecular formula is C18H28ClN3O2. The molecule has 2 amide bonds. The third-order valence-electron chi connectivity index (χ3n) is 4.28. The number of carbonyl (C=O) groups excluding carboxylic acids is 2. The zero-order chi connectivity index (χ0) is 16.8. The second-order valence-corrected chi connectivity index (χ2v) is 6.56. The number of hydrogen-bond acceptors (Lipinski definition) is 3. The number of likely N-dealkylation sites (tertiary alicyclic amines) is 1. The normalized spacial score (nSPS) is 16.4. The molecule has 1 atom stereocenters. The van der Waals surface area contributed by atoms with Crippen LogP contribution in [0.4, 0.5) is 0 Å². The van der Waals surface area contributed by atoms with Crippen molar-refractivity contribution in [2.45, 2.75) is 45.2 Å². The maximum absolute atomic E-state index is 12.2. The van der Waals surface area contributed by atoms with Gasteiger partial charge in [-0.05, 0) is 24.8 Å². The second-order valence-electron chi connectivity index (χ2n) is 6.56. The van der Waals surface area contributed by atoms with Gasteiger partial charge in [0.25, 0.3) is 0 Å². The van der Waals surface area contributed by atoms with E-state index < -0.39 is 6.04 Å². The van der Waals surface area contributed by atoms with Crippen LogP contribution in [0, 0.1) is 5.92 Å². The molecule has 0 saturated carbocycles. The Morgan fingerprint density at radius 1 is 1.21 bits per heavy atom. The Morgan fingerprint density at radius 3 is 2.33 bits per heavy atom. The fourth-order valence-corrected chi connectivity index (χ4v) is 2.88. The first-order valence-corrected chi connectivity index (χ1v) is 8.36. The molecule has 0 aromatic heterocycles.